The van der Waals surface area contributed by atoms with Gasteiger partial charge in [-0.15, -0.1) is 0 Å². The van der Waals surface area contributed by atoms with E-state index in [1.807, 2.05) is 0 Å². The molecule has 5 nitrogen and oxygen atoms in total. The van der Waals surface area contributed by atoms with E-state index in [0.29, 0.717) is 11.6 Å². The Morgan fingerprint density at radius 2 is 2.54 bits per heavy atom. The summed E-state index contributed by atoms with van der Waals surface area (Å²) in [6.45, 7) is 0.454. The maximum Gasteiger partial charge on any atom is 0.0877 e. The molecule has 0 aliphatic carbocycles. The summed E-state index contributed by atoms with van der Waals surface area (Å²) in [4.78, 5) is 0. The molecule has 0 amide bonds. The van der Waals surface area contributed by atoms with Gasteiger partial charge in [-0.3, -0.25) is 10.5 Å². The summed E-state index contributed by atoms with van der Waals surface area (Å²) in [7, 11) is 3.41. The smallest absolute Gasteiger partial charge is 0.0877 e. The predicted octanol–water partition coefficient (Wildman–Crippen LogP) is 0.224. The van der Waals surface area contributed by atoms with Gasteiger partial charge in [0.2, 0.25) is 0 Å². The number of halogens is 1. The number of ether oxygens (including phenoxy) is 1. The Balaban J connectivity index is 2.89. The third-order valence-electron chi connectivity index (χ3n) is 1.80. The quantitative estimate of drug-likeness (QED) is 0.544. The van der Waals surface area contributed by atoms with Crippen LogP contribution in [0.2, 0.25) is 5.02 Å². The van der Waals surface area contributed by atoms with Crippen molar-refractivity contribution < 1.29 is 4.74 Å². The molecule has 1 heterocycles. The SMILES string of the molecule is COCC(NN)c1c(Cl)cnn1C. The van der Waals surface area contributed by atoms with Crippen LogP contribution in [0.5, 0.6) is 0 Å². The van der Waals surface area contributed by atoms with Gasteiger partial charge in [0.15, 0.2) is 0 Å². The molecule has 0 spiro atoms. The van der Waals surface area contributed by atoms with Gasteiger partial charge < -0.3 is 4.74 Å². The van der Waals surface area contributed by atoms with Crippen LogP contribution in [0.25, 0.3) is 0 Å². The highest BCUT2D eigenvalue weighted by molar-refractivity contribution is 6.31. The molecule has 1 aromatic heterocycles. The van der Waals surface area contributed by atoms with Crippen LogP contribution in [0.1, 0.15) is 11.7 Å². The van der Waals surface area contributed by atoms with Crippen LogP contribution >= 0.6 is 11.6 Å². The molecule has 1 aromatic rings. The Morgan fingerprint density at radius 1 is 1.85 bits per heavy atom. The van der Waals surface area contributed by atoms with Gasteiger partial charge in [0.05, 0.1) is 29.6 Å². The number of aromatic nitrogens is 2. The lowest BCUT2D eigenvalue weighted by atomic mass is 10.2. The first-order chi connectivity index (χ1) is 6.20. The standard InChI is InChI=1S/C7H13ClN4O/c1-12-7(5(8)3-10-12)6(11-9)4-13-2/h3,6,11H,4,9H2,1-2H3. The minimum absolute atomic E-state index is 0.134. The van der Waals surface area contributed by atoms with Crippen molar-refractivity contribution in [1.29, 1.82) is 0 Å². The van der Waals surface area contributed by atoms with E-state index in [1.54, 1.807) is 25.0 Å². The summed E-state index contributed by atoms with van der Waals surface area (Å²) in [5, 5.41) is 4.59. The molecule has 6 heteroatoms. The fraction of sp³-hybridized carbons (Fsp3) is 0.571. The fourth-order valence-corrected chi connectivity index (χ4v) is 1.48. The zero-order chi connectivity index (χ0) is 9.84. The Hall–Kier alpha value is -0.620. The normalized spacial score (nSPS) is 13.2. The van der Waals surface area contributed by atoms with Crippen LogP contribution in [0.4, 0.5) is 0 Å². The molecule has 0 bridgehead atoms. The minimum Gasteiger partial charge on any atom is -0.383 e. The number of nitrogens with two attached hydrogens (primary N) is 1. The molecule has 13 heavy (non-hydrogen) atoms. The third-order valence-corrected chi connectivity index (χ3v) is 2.09. The van der Waals surface area contributed by atoms with Gasteiger partial charge in [0.25, 0.3) is 0 Å². The second kappa shape index (κ2) is 4.57. The maximum atomic E-state index is 5.92. The third kappa shape index (κ3) is 2.19. The monoisotopic (exact) mass is 204 g/mol. The predicted molar refractivity (Wildman–Crippen MR) is 50.2 cm³/mol. The first-order valence-electron chi connectivity index (χ1n) is 3.83. The largest absolute Gasteiger partial charge is 0.383 e. The maximum absolute atomic E-state index is 5.92. The molecule has 1 rings (SSSR count). The molecule has 0 saturated heterocycles. The summed E-state index contributed by atoms with van der Waals surface area (Å²) in [5.41, 5.74) is 3.44. The Morgan fingerprint density at radius 3 is 2.92 bits per heavy atom. The lowest BCUT2D eigenvalue weighted by molar-refractivity contribution is 0.164. The molecule has 0 fully saturated rings. The van der Waals surface area contributed by atoms with Crippen LogP contribution < -0.4 is 11.3 Å². The first-order valence-corrected chi connectivity index (χ1v) is 4.21. The van der Waals surface area contributed by atoms with E-state index in [1.165, 1.54) is 0 Å². The fourth-order valence-electron chi connectivity index (χ4n) is 1.18. The number of methoxy groups -OCH3 is 1. The molecule has 74 valence electrons. The highest BCUT2D eigenvalue weighted by Crippen LogP contribution is 2.21. The van der Waals surface area contributed by atoms with Crippen molar-refractivity contribution in [2.45, 2.75) is 6.04 Å². The number of rotatable bonds is 4. The van der Waals surface area contributed by atoms with E-state index in [4.69, 9.17) is 22.2 Å². The lowest BCUT2D eigenvalue weighted by Gasteiger charge is -2.15. The van der Waals surface area contributed by atoms with E-state index in [9.17, 15) is 0 Å². The van der Waals surface area contributed by atoms with Gasteiger partial charge in [0, 0.05) is 14.2 Å². The molecule has 1 atom stereocenters. The molecule has 1 unspecified atom stereocenters. The second-order valence-electron chi connectivity index (χ2n) is 2.68. The molecule has 0 radical (unpaired) electrons. The summed E-state index contributed by atoms with van der Waals surface area (Å²) in [6.07, 6.45) is 1.58. The molecule has 3 N–H and O–H groups in total. The Kier molecular flexibility index (Phi) is 3.68. The molecule has 0 saturated carbocycles. The zero-order valence-electron chi connectivity index (χ0n) is 7.62. The number of nitrogens with zero attached hydrogens (tertiary/aromatic N) is 2. The van der Waals surface area contributed by atoms with Crippen molar-refractivity contribution in [3.8, 4) is 0 Å². The van der Waals surface area contributed by atoms with Crippen molar-refractivity contribution in [2.24, 2.45) is 12.9 Å². The average Bonchev–Trinajstić information content (AvgIpc) is 2.43. The molecular formula is C7H13ClN4O. The lowest BCUT2D eigenvalue weighted by Crippen LogP contribution is -2.32. The second-order valence-corrected chi connectivity index (χ2v) is 3.08. The van der Waals surface area contributed by atoms with E-state index in [2.05, 4.69) is 10.5 Å². The average molecular weight is 205 g/mol. The summed E-state index contributed by atoms with van der Waals surface area (Å²) >= 11 is 5.92. The van der Waals surface area contributed by atoms with Crippen LogP contribution in [0, 0.1) is 0 Å². The Labute approximate surface area is 81.8 Å². The molecule has 0 aliphatic rings. The summed E-state index contributed by atoms with van der Waals surface area (Å²) in [5.74, 6) is 5.36. The van der Waals surface area contributed by atoms with Crippen LogP contribution in [-0.4, -0.2) is 23.5 Å². The van der Waals surface area contributed by atoms with Gasteiger partial charge in [-0.25, -0.2) is 5.43 Å². The van der Waals surface area contributed by atoms with Gasteiger partial charge in [-0.1, -0.05) is 11.6 Å². The van der Waals surface area contributed by atoms with Gasteiger partial charge in [-0.05, 0) is 0 Å². The van der Waals surface area contributed by atoms with Crippen LogP contribution in [0.3, 0.4) is 0 Å². The van der Waals surface area contributed by atoms with Crippen molar-refractivity contribution in [2.75, 3.05) is 13.7 Å². The molecular weight excluding hydrogens is 192 g/mol. The van der Waals surface area contributed by atoms with Crippen molar-refractivity contribution in [3.63, 3.8) is 0 Å². The molecule has 0 aromatic carbocycles. The van der Waals surface area contributed by atoms with Gasteiger partial charge >= 0.3 is 0 Å². The number of hydrogen-bond donors (Lipinski definition) is 2. The highest BCUT2D eigenvalue weighted by atomic mass is 35.5. The van der Waals surface area contributed by atoms with Crippen molar-refractivity contribution in [1.82, 2.24) is 15.2 Å². The minimum atomic E-state index is -0.134. The number of nitrogens with one attached hydrogen (secondary N) is 1. The topological polar surface area (TPSA) is 65.1 Å². The summed E-state index contributed by atoms with van der Waals surface area (Å²) in [6, 6.07) is -0.134. The highest BCUT2D eigenvalue weighted by Gasteiger charge is 2.17. The number of hydrogen-bond acceptors (Lipinski definition) is 4. The number of aryl methyl sites for hydroxylation is 1. The molecule has 0 aliphatic heterocycles. The van der Waals surface area contributed by atoms with Crippen molar-refractivity contribution >= 4 is 11.6 Å². The van der Waals surface area contributed by atoms with E-state index in [0.717, 1.165) is 5.69 Å². The number of hydrazine groups is 1. The van der Waals surface area contributed by atoms with Crippen LogP contribution in [-0.2, 0) is 11.8 Å². The van der Waals surface area contributed by atoms with Gasteiger partial charge in [-0.2, -0.15) is 5.10 Å². The first kappa shape index (κ1) is 10.5. The zero-order valence-corrected chi connectivity index (χ0v) is 8.38. The summed E-state index contributed by atoms with van der Waals surface area (Å²) < 4.78 is 6.66. The van der Waals surface area contributed by atoms with Crippen LogP contribution in [0.15, 0.2) is 6.20 Å². The van der Waals surface area contributed by atoms with E-state index in [-0.39, 0.29) is 6.04 Å². The van der Waals surface area contributed by atoms with Gasteiger partial charge in [0.1, 0.15) is 0 Å². The van der Waals surface area contributed by atoms with E-state index >= 15 is 0 Å². The Bertz CT molecular complexity index is 256. The van der Waals surface area contributed by atoms with E-state index < -0.39 is 0 Å². The van der Waals surface area contributed by atoms with Crippen molar-refractivity contribution in [3.05, 3.63) is 16.9 Å².